The second kappa shape index (κ2) is 6.11. The zero-order chi connectivity index (χ0) is 13.7. The summed E-state index contributed by atoms with van der Waals surface area (Å²) in [5.41, 5.74) is 7.68. The van der Waals surface area contributed by atoms with E-state index in [0.717, 1.165) is 11.3 Å². The predicted molar refractivity (Wildman–Crippen MR) is 75.6 cm³/mol. The van der Waals surface area contributed by atoms with Crippen molar-refractivity contribution in [2.24, 2.45) is 5.73 Å². The van der Waals surface area contributed by atoms with E-state index in [-0.39, 0.29) is 5.91 Å². The van der Waals surface area contributed by atoms with Gasteiger partial charge in [-0.3, -0.25) is 9.78 Å². The molecule has 0 fully saturated rings. The average Bonchev–Trinajstić information content (AvgIpc) is 2.49. The van der Waals surface area contributed by atoms with Gasteiger partial charge in [-0.15, -0.1) is 0 Å². The minimum Gasteiger partial charge on any atom is -0.316 e. The number of nitrogens with zero attached hydrogens (tertiary/aromatic N) is 2. The van der Waals surface area contributed by atoms with Gasteiger partial charge < -0.3 is 10.6 Å². The first-order valence-electron chi connectivity index (χ1n) is 6.26. The van der Waals surface area contributed by atoms with Crippen LogP contribution in [0.1, 0.15) is 18.5 Å². The van der Waals surface area contributed by atoms with Crippen molar-refractivity contribution in [3.05, 3.63) is 60.4 Å². The summed E-state index contributed by atoms with van der Waals surface area (Å²) < 4.78 is 0. The van der Waals surface area contributed by atoms with Crippen LogP contribution in [0.25, 0.3) is 0 Å². The molecule has 2 aromatic rings. The van der Waals surface area contributed by atoms with E-state index in [4.69, 9.17) is 5.73 Å². The first-order valence-corrected chi connectivity index (χ1v) is 6.26. The lowest BCUT2D eigenvalue weighted by Crippen LogP contribution is -2.38. The average molecular weight is 255 g/mol. The van der Waals surface area contributed by atoms with Crippen LogP contribution in [0.3, 0.4) is 0 Å². The van der Waals surface area contributed by atoms with Gasteiger partial charge >= 0.3 is 0 Å². The molecule has 1 atom stereocenters. The SMILES string of the molecule is CCN(C(=O)[C@@H](N)c1ccccc1)c1ccncc1. The van der Waals surface area contributed by atoms with Gasteiger partial charge in [0.1, 0.15) is 6.04 Å². The highest BCUT2D eigenvalue weighted by molar-refractivity contribution is 5.97. The maximum Gasteiger partial charge on any atom is 0.248 e. The van der Waals surface area contributed by atoms with Crippen molar-refractivity contribution in [3.8, 4) is 0 Å². The molecule has 1 aromatic heterocycles. The van der Waals surface area contributed by atoms with Crippen LogP contribution in [0, 0.1) is 0 Å². The molecule has 98 valence electrons. The summed E-state index contributed by atoms with van der Waals surface area (Å²) in [7, 11) is 0. The van der Waals surface area contributed by atoms with Crippen molar-refractivity contribution in [1.29, 1.82) is 0 Å². The zero-order valence-corrected chi connectivity index (χ0v) is 10.9. The number of carbonyl (C=O) groups is 1. The topological polar surface area (TPSA) is 59.2 Å². The number of hydrogen-bond acceptors (Lipinski definition) is 3. The third-order valence-electron chi connectivity index (χ3n) is 2.98. The van der Waals surface area contributed by atoms with E-state index in [1.165, 1.54) is 0 Å². The molecule has 2 N–H and O–H groups in total. The number of likely N-dealkylation sites (N-methyl/N-ethyl adjacent to an activating group) is 1. The molecule has 0 bridgehead atoms. The number of anilines is 1. The minimum absolute atomic E-state index is 0.111. The molecule has 1 amide bonds. The van der Waals surface area contributed by atoms with E-state index in [9.17, 15) is 4.79 Å². The van der Waals surface area contributed by atoms with Crippen LogP contribution in [-0.2, 0) is 4.79 Å². The minimum atomic E-state index is -0.644. The van der Waals surface area contributed by atoms with Crippen molar-refractivity contribution in [2.75, 3.05) is 11.4 Å². The lowest BCUT2D eigenvalue weighted by atomic mass is 10.1. The van der Waals surface area contributed by atoms with E-state index in [0.29, 0.717) is 6.54 Å². The van der Waals surface area contributed by atoms with Gasteiger partial charge in [0.25, 0.3) is 0 Å². The third-order valence-corrected chi connectivity index (χ3v) is 2.98. The summed E-state index contributed by atoms with van der Waals surface area (Å²) >= 11 is 0. The monoisotopic (exact) mass is 255 g/mol. The van der Waals surface area contributed by atoms with Crippen molar-refractivity contribution >= 4 is 11.6 Å². The summed E-state index contributed by atoms with van der Waals surface area (Å²) in [5, 5.41) is 0. The van der Waals surface area contributed by atoms with E-state index in [1.54, 1.807) is 29.4 Å². The van der Waals surface area contributed by atoms with Crippen molar-refractivity contribution in [3.63, 3.8) is 0 Å². The maximum absolute atomic E-state index is 12.5. The van der Waals surface area contributed by atoms with E-state index < -0.39 is 6.04 Å². The van der Waals surface area contributed by atoms with Gasteiger partial charge in [-0.05, 0) is 24.6 Å². The Morgan fingerprint density at radius 3 is 2.42 bits per heavy atom. The van der Waals surface area contributed by atoms with Crippen LogP contribution in [0.15, 0.2) is 54.9 Å². The fourth-order valence-electron chi connectivity index (χ4n) is 1.96. The van der Waals surface area contributed by atoms with Gasteiger partial charge in [0.15, 0.2) is 0 Å². The molecule has 19 heavy (non-hydrogen) atoms. The molecular formula is C15H17N3O. The second-order valence-electron chi connectivity index (χ2n) is 4.18. The predicted octanol–water partition coefficient (Wildman–Crippen LogP) is 2.13. The molecular weight excluding hydrogens is 238 g/mol. The number of aromatic nitrogens is 1. The van der Waals surface area contributed by atoms with Gasteiger partial charge in [0, 0.05) is 24.6 Å². The molecule has 0 aliphatic rings. The van der Waals surface area contributed by atoms with Crippen LogP contribution in [0.5, 0.6) is 0 Å². The molecule has 1 heterocycles. The number of benzene rings is 1. The Bertz CT molecular complexity index is 528. The van der Waals surface area contributed by atoms with E-state index in [1.807, 2.05) is 37.3 Å². The Labute approximate surface area is 112 Å². The quantitative estimate of drug-likeness (QED) is 0.910. The lowest BCUT2D eigenvalue weighted by Gasteiger charge is -2.24. The van der Waals surface area contributed by atoms with Crippen molar-refractivity contribution in [2.45, 2.75) is 13.0 Å². The summed E-state index contributed by atoms with van der Waals surface area (Å²) in [6, 6.07) is 12.4. The Hall–Kier alpha value is -2.20. The van der Waals surface area contributed by atoms with Crippen molar-refractivity contribution in [1.82, 2.24) is 4.98 Å². The molecule has 0 radical (unpaired) electrons. The van der Waals surface area contributed by atoms with Crippen LogP contribution < -0.4 is 10.6 Å². The Morgan fingerprint density at radius 1 is 1.21 bits per heavy atom. The highest BCUT2D eigenvalue weighted by atomic mass is 16.2. The summed E-state index contributed by atoms with van der Waals surface area (Å²) in [5.74, 6) is -0.111. The molecule has 0 aliphatic carbocycles. The van der Waals surface area contributed by atoms with Crippen LogP contribution >= 0.6 is 0 Å². The molecule has 2 rings (SSSR count). The lowest BCUT2D eigenvalue weighted by molar-refractivity contribution is -0.119. The molecule has 0 saturated carbocycles. The fourth-order valence-corrected chi connectivity index (χ4v) is 1.96. The molecule has 0 saturated heterocycles. The Morgan fingerprint density at radius 2 is 1.84 bits per heavy atom. The maximum atomic E-state index is 12.5. The largest absolute Gasteiger partial charge is 0.316 e. The number of rotatable bonds is 4. The molecule has 4 heteroatoms. The van der Waals surface area contributed by atoms with Gasteiger partial charge in [-0.2, -0.15) is 0 Å². The standard InChI is InChI=1S/C15H17N3O/c1-2-18(13-8-10-17-11-9-13)15(19)14(16)12-6-4-3-5-7-12/h3-11,14H,2,16H2,1H3/t14-/m0/s1. The smallest absolute Gasteiger partial charge is 0.248 e. The van der Waals surface area contributed by atoms with Gasteiger partial charge in [-0.25, -0.2) is 0 Å². The normalized spacial score (nSPS) is 11.9. The summed E-state index contributed by atoms with van der Waals surface area (Å²) in [6.45, 7) is 2.50. The third kappa shape index (κ3) is 2.98. The highest BCUT2D eigenvalue weighted by Crippen LogP contribution is 2.18. The van der Waals surface area contributed by atoms with Crippen LogP contribution in [0.4, 0.5) is 5.69 Å². The fraction of sp³-hybridized carbons (Fsp3) is 0.200. The summed E-state index contributed by atoms with van der Waals surface area (Å²) in [4.78, 5) is 18.1. The van der Waals surface area contributed by atoms with Gasteiger partial charge in [0.05, 0.1) is 0 Å². The van der Waals surface area contributed by atoms with Gasteiger partial charge in [0.2, 0.25) is 5.91 Å². The number of pyridine rings is 1. The number of carbonyl (C=O) groups excluding carboxylic acids is 1. The molecule has 1 aromatic carbocycles. The second-order valence-corrected chi connectivity index (χ2v) is 4.18. The molecule has 0 unspecified atom stereocenters. The molecule has 0 spiro atoms. The molecule has 0 aliphatic heterocycles. The first kappa shape index (κ1) is 13.2. The Kier molecular flexibility index (Phi) is 4.26. The van der Waals surface area contributed by atoms with Crippen LogP contribution in [-0.4, -0.2) is 17.4 Å². The highest BCUT2D eigenvalue weighted by Gasteiger charge is 2.22. The number of amides is 1. The molecule has 4 nitrogen and oxygen atoms in total. The van der Waals surface area contributed by atoms with E-state index >= 15 is 0 Å². The van der Waals surface area contributed by atoms with Crippen molar-refractivity contribution < 1.29 is 4.79 Å². The van der Waals surface area contributed by atoms with Gasteiger partial charge in [-0.1, -0.05) is 30.3 Å². The number of nitrogens with two attached hydrogens (primary N) is 1. The summed E-state index contributed by atoms with van der Waals surface area (Å²) in [6.07, 6.45) is 3.33. The van der Waals surface area contributed by atoms with E-state index in [2.05, 4.69) is 4.98 Å². The zero-order valence-electron chi connectivity index (χ0n) is 10.9. The Balaban J connectivity index is 2.22. The number of hydrogen-bond donors (Lipinski definition) is 1. The van der Waals surface area contributed by atoms with Crippen LogP contribution in [0.2, 0.25) is 0 Å². The first-order chi connectivity index (χ1) is 9.24.